The van der Waals surface area contributed by atoms with E-state index in [0.717, 1.165) is 22.0 Å². The fourth-order valence-electron chi connectivity index (χ4n) is 2.54. The molecule has 0 atom stereocenters. The molecule has 0 saturated carbocycles. The number of nitrogens with one attached hydrogen (secondary N) is 1. The second-order valence-electron chi connectivity index (χ2n) is 6.31. The van der Waals surface area contributed by atoms with Crippen LogP contribution in [0.2, 0.25) is 0 Å². The Balaban J connectivity index is 1.95. The highest BCUT2D eigenvalue weighted by atomic mass is 32.1. The van der Waals surface area contributed by atoms with Gasteiger partial charge in [-0.15, -0.1) is 11.3 Å². The number of nitrogens with zero attached hydrogens (tertiary/aromatic N) is 3. The van der Waals surface area contributed by atoms with Crippen molar-refractivity contribution in [1.82, 2.24) is 19.9 Å². The molecule has 1 amide bonds. The molecule has 0 aliphatic rings. The topological polar surface area (TPSA) is 79.0 Å². The molecule has 0 spiro atoms. The predicted molar refractivity (Wildman–Crippen MR) is 95.3 cm³/mol. The van der Waals surface area contributed by atoms with Gasteiger partial charge in [0, 0.05) is 36.2 Å². The molecule has 0 bridgehead atoms. The van der Waals surface area contributed by atoms with Crippen LogP contribution in [0.25, 0.3) is 0 Å². The standard InChI is InChI=1S/C17H24N4O2S/c1-10(2)16-20-13(9-24-16)8-21(5)15(22)7-6-14-11(3)18-17(23)19-12(14)4/h9-10H,6-8H2,1-5H3,(H,18,19,23). The molecule has 2 heterocycles. The molecule has 24 heavy (non-hydrogen) atoms. The second kappa shape index (κ2) is 7.70. The molecule has 6 nitrogen and oxygen atoms in total. The summed E-state index contributed by atoms with van der Waals surface area (Å²) in [5.41, 5.74) is 2.99. The third-order valence-corrected chi connectivity index (χ3v) is 5.12. The van der Waals surface area contributed by atoms with Crippen LogP contribution in [0.3, 0.4) is 0 Å². The van der Waals surface area contributed by atoms with Crippen molar-refractivity contribution in [2.45, 2.75) is 53.0 Å². The van der Waals surface area contributed by atoms with Crippen molar-refractivity contribution in [3.63, 3.8) is 0 Å². The number of aryl methyl sites for hydroxylation is 2. The molecule has 0 saturated heterocycles. The summed E-state index contributed by atoms with van der Waals surface area (Å²) in [6.45, 7) is 8.38. The summed E-state index contributed by atoms with van der Waals surface area (Å²) in [5, 5.41) is 3.11. The van der Waals surface area contributed by atoms with E-state index in [4.69, 9.17) is 0 Å². The van der Waals surface area contributed by atoms with Gasteiger partial charge in [-0.25, -0.2) is 9.78 Å². The molecule has 0 radical (unpaired) electrons. The van der Waals surface area contributed by atoms with Crippen molar-refractivity contribution in [3.8, 4) is 0 Å². The van der Waals surface area contributed by atoms with E-state index in [1.54, 1.807) is 30.2 Å². The van der Waals surface area contributed by atoms with Gasteiger partial charge in [0.2, 0.25) is 5.91 Å². The first-order valence-corrected chi connectivity index (χ1v) is 8.90. The number of aromatic amines is 1. The largest absolute Gasteiger partial charge is 0.345 e. The number of amides is 1. The lowest BCUT2D eigenvalue weighted by Crippen LogP contribution is -2.27. The summed E-state index contributed by atoms with van der Waals surface area (Å²) in [4.78, 5) is 36.5. The number of H-pyrrole nitrogens is 1. The average molecular weight is 348 g/mol. The molecule has 2 aromatic rings. The zero-order valence-electron chi connectivity index (χ0n) is 14.8. The Hall–Kier alpha value is -2.02. The Morgan fingerprint density at radius 2 is 2.04 bits per heavy atom. The highest BCUT2D eigenvalue weighted by molar-refractivity contribution is 7.09. The second-order valence-corrected chi connectivity index (χ2v) is 7.20. The smallest absolute Gasteiger partial charge is 0.340 e. The van der Waals surface area contributed by atoms with Gasteiger partial charge in [0.15, 0.2) is 0 Å². The van der Waals surface area contributed by atoms with Gasteiger partial charge in [-0.1, -0.05) is 13.8 Å². The van der Waals surface area contributed by atoms with Gasteiger partial charge in [0.1, 0.15) is 0 Å². The van der Waals surface area contributed by atoms with E-state index in [0.29, 0.717) is 31.0 Å². The first-order valence-electron chi connectivity index (χ1n) is 8.02. The Morgan fingerprint density at radius 1 is 1.33 bits per heavy atom. The average Bonchev–Trinajstić information content (AvgIpc) is 2.94. The highest BCUT2D eigenvalue weighted by Gasteiger charge is 2.14. The maximum absolute atomic E-state index is 12.4. The van der Waals surface area contributed by atoms with Crippen molar-refractivity contribution >= 4 is 17.2 Å². The molecule has 7 heteroatoms. The predicted octanol–water partition coefficient (Wildman–Crippen LogP) is 2.56. The lowest BCUT2D eigenvalue weighted by molar-refractivity contribution is -0.130. The molecule has 0 aromatic carbocycles. The van der Waals surface area contributed by atoms with Gasteiger partial charge < -0.3 is 9.88 Å². The van der Waals surface area contributed by atoms with Crippen LogP contribution >= 0.6 is 11.3 Å². The zero-order chi connectivity index (χ0) is 17.9. The van der Waals surface area contributed by atoms with Gasteiger partial charge in [0.25, 0.3) is 0 Å². The first-order chi connectivity index (χ1) is 11.3. The van der Waals surface area contributed by atoms with Crippen LogP contribution in [0.4, 0.5) is 0 Å². The quantitative estimate of drug-likeness (QED) is 0.870. The van der Waals surface area contributed by atoms with Gasteiger partial charge in [-0.05, 0) is 25.8 Å². The van der Waals surface area contributed by atoms with E-state index in [2.05, 4.69) is 28.8 Å². The van der Waals surface area contributed by atoms with Crippen LogP contribution in [-0.2, 0) is 17.8 Å². The van der Waals surface area contributed by atoms with E-state index >= 15 is 0 Å². The van der Waals surface area contributed by atoms with Crippen LogP contribution in [0, 0.1) is 13.8 Å². The fourth-order valence-corrected chi connectivity index (χ4v) is 3.36. The molecular weight excluding hydrogens is 324 g/mol. The number of carbonyl (C=O) groups is 1. The summed E-state index contributed by atoms with van der Waals surface area (Å²) in [6, 6.07) is 0. The monoisotopic (exact) mass is 348 g/mol. The van der Waals surface area contributed by atoms with Crippen LogP contribution in [0.1, 0.15) is 53.8 Å². The zero-order valence-corrected chi connectivity index (χ0v) is 15.7. The number of rotatable bonds is 6. The number of hydrogen-bond acceptors (Lipinski definition) is 5. The number of hydrogen-bond donors (Lipinski definition) is 1. The summed E-state index contributed by atoms with van der Waals surface area (Å²) in [6.07, 6.45) is 0.950. The molecule has 2 aromatic heterocycles. The lowest BCUT2D eigenvalue weighted by Gasteiger charge is -2.16. The molecule has 1 N–H and O–H groups in total. The molecular formula is C17H24N4O2S. The van der Waals surface area contributed by atoms with E-state index in [1.807, 2.05) is 12.3 Å². The van der Waals surface area contributed by atoms with Crippen molar-refractivity contribution in [1.29, 1.82) is 0 Å². The number of thiazole rings is 1. The molecule has 2 rings (SSSR count). The molecule has 0 unspecified atom stereocenters. The van der Waals surface area contributed by atoms with E-state index < -0.39 is 0 Å². The van der Waals surface area contributed by atoms with Crippen LogP contribution in [0.15, 0.2) is 10.2 Å². The van der Waals surface area contributed by atoms with Crippen LogP contribution in [-0.4, -0.2) is 32.8 Å². The molecule has 130 valence electrons. The first kappa shape index (κ1) is 18.3. The minimum absolute atomic E-state index is 0.0547. The SMILES string of the molecule is Cc1nc(=O)[nH]c(C)c1CCC(=O)N(C)Cc1csc(C(C)C)n1. The van der Waals surface area contributed by atoms with Crippen molar-refractivity contribution in [2.24, 2.45) is 0 Å². The lowest BCUT2D eigenvalue weighted by atomic mass is 10.1. The van der Waals surface area contributed by atoms with Crippen molar-refractivity contribution < 1.29 is 4.79 Å². The third-order valence-electron chi connectivity index (χ3n) is 3.93. The Labute approximate surface area is 146 Å². The summed E-state index contributed by atoms with van der Waals surface area (Å²) in [5.74, 6) is 0.461. The molecule has 0 aliphatic heterocycles. The Kier molecular flexibility index (Phi) is 5.88. The van der Waals surface area contributed by atoms with E-state index in [9.17, 15) is 9.59 Å². The van der Waals surface area contributed by atoms with Crippen molar-refractivity contribution in [3.05, 3.63) is 43.5 Å². The van der Waals surface area contributed by atoms with Crippen LogP contribution < -0.4 is 5.69 Å². The van der Waals surface area contributed by atoms with Crippen molar-refractivity contribution in [2.75, 3.05) is 7.05 Å². The highest BCUT2D eigenvalue weighted by Crippen LogP contribution is 2.20. The summed E-state index contributed by atoms with van der Waals surface area (Å²) >= 11 is 1.64. The minimum atomic E-state index is -0.346. The maximum atomic E-state index is 12.4. The van der Waals surface area contributed by atoms with E-state index in [-0.39, 0.29) is 11.6 Å². The summed E-state index contributed by atoms with van der Waals surface area (Å²) < 4.78 is 0. The van der Waals surface area contributed by atoms with Gasteiger partial charge in [-0.2, -0.15) is 4.98 Å². The number of aromatic nitrogens is 3. The number of carbonyl (C=O) groups excluding carboxylic acids is 1. The Morgan fingerprint density at radius 3 is 2.62 bits per heavy atom. The van der Waals surface area contributed by atoms with Crippen LogP contribution in [0.5, 0.6) is 0 Å². The van der Waals surface area contributed by atoms with Gasteiger partial charge in [0.05, 0.1) is 17.2 Å². The minimum Gasteiger partial charge on any atom is -0.340 e. The fraction of sp³-hybridized carbons (Fsp3) is 0.529. The maximum Gasteiger partial charge on any atom is 0.345 e. The molecule has 0 aliphatic carbocycles. The van der Waals surface area contributed by atoms with Gasteiger partial charge >= 0.3 is 5.69 Å². The third kappa shape index (κ3) is 4.50. The molecule has 0 fully saturated rings. The van der Waals surface area contributed by atoms with E-state index in [1.165, 1.54) is 0 Å². The summed E-state index contributed by atoms with van der Waals surface area (Å²) in [7, 11) is 1.79. The normalized spacial score (nSPS) is 11.1. The van der Waals surface area contributed by atoms with Gasteiger partial charge in [-0.3, -0.25) is 4.79 Å². The Bertz CT molecular complexity index is 753.